The Hall–Kier alpha value is -2.09. The molecular weight excluding hydrogens is 357 g/mol. The maximum Gasteiger partial charge on any atom is 0.249 e. The van der Waals surface area contributed by atoms with Crippen molar-refractivity contribution in [3.8, 4) is 5.75 Å². The van der Waals surface area contributed by atoms with Crippen LogP contribution >= 0.6 is 23.2 Å². The summed E-state index contributed by atoms with van der Waals surface area (Å²) >= 11 is 12.4. The number of pyridine rings is 1. The second-order valence-corrected chi connectivity index (χ2v) is 6.04. The van der Waals surface area contributed by atoms with Crippen molar-refractivity contribution in [3.05, 3.63) is 33.4 Å². The number of nitrogens with two attached hydrogens (primary N) is 1. The predicted octanol–water partition coefficient (Wildman–Crippen LogP) is 1.41. The van der Waals surface area contributed by atoms with Gasteiger partial charge in [0.2, 0.25) is 11.8 Å². The van der Waals surface area contributed by atoms with Crippen molar-refractivity contribution < 1.29 is 19.4 Å². The Morgan fingerprint density at radius 1 is 1.46 bits per heavy atom. The van der Waals surface area contributed by atoms with Crippen LogP contribution in [-0.2, 0) is 16.1 Å². The molecule has 1 aliphatic heterocycles. The second-order valence-electron chi connectivity index (χ2n) is 5.28. The molecule has 1 aromatic carbocycles. The molecule has 1 atom stereocenters. The number of ether oxygens (including phenoxy) is 1. The van der Waals surface area contributed by atoms with Crippen LogP contribution in [0.15, 0.2) is 12.3 Å². The van der Waals surface area contributed by atoms with Gasteiger partial charge >= 0.3 is 0 Å². The van der Waals surface area contributed by atoms with E-state index in [2.05, 4.69) is 4.98 Å². The third kappa shape index (κ3) is 2.36. The Bertz CT molecular complexity index is 872. The molecule has 1 aliphatic rings. The molecule has 3 N–H and O–H groups in total. The molecular formula is C15H13Cl2N3O4. The number of primary amides is 1. The van der Waals surface area contributed by atoms with E-state index in [1.807, 2.05) is 0 Å². The number of methoxy groups -OCH3 is 1. The largest absolute Gasteiger partial charge is 0.495 e. The van der Waals surface area contributed by atoms with Crippen molar-refractivity contribution in [2.75, 3.05) is 13.7 Å². The van der Waals surface area contributed by atoms with Crippen LogP contribution in [0.4, 0.5) is 0 Å². The highest BCUT2D eigenvalue weighted by atomic mass is 35.5. The Morgan fingerprint density at radius 3 is 2.75 bits per heavy atom. The number of hydrogen-bond acceptors (Lipinski definition) is 5. The van der Waals surface area contributed by atoms with Gasteiger partial charge in [-0.25, -0.2) is 0 Å². The number of aliphatic hydroxyl groups is 1. The molecule has 0 saturated carbocycles. The first kappa shape index (κ1) is 16.8. The van der Waals surface area contributed by atoms with Crippen LogP contribution in [0, 0.1) is 0 Å². The number of halogens is 2. The van der Waals surface area contributed by atoms with Gasteiger partial charge in [-0.05, 0) is 11.6 Å². The quantitative estimate of drug-likeness (QED) is 0.850. The molecule has 24 heavy (non-hydrogen) atoms. The summed E-state index contributed by atoms with van der Waals surface area (Å²) in [5.41, 5.74) is 7.04. The van der Waals surface area contributed by atoms with E-state index in [9.17, 15) is 9.59 Å². The number of fused-ring (bicyclic) bond motifs is 3. The van der Waals surface area contributed by atoms with Crippen molar-refractivity contribution in [3.63, 3.8) is 0 Å². The minimum absolute atomic E-state index is 0.0997. The number of rotatable bonds is 3. The smallest absolute Gasteiger partial charge is 0.249 e. The summed E-state index contributed by atoms with van der Waals surface area (Å²) in [6.07, 6.45) is 1.45. The van der Waals surface area contributed by atoms with Gasteiger partial charge in [0, 0.05) is 23.7 Å². The molecule has 0 spiro atoms. The molecule has 2 amide bonds. The zero-order valence-electron chi connectivity index (χ0n) is 12.5. The zero-order valence-corrected chi connectivity index (χ0v) is 14.1. The number of amides is 2. The molecule has 0 aliphatic carbocycles. The van der Waals surface area contributed by atoms with Gasteiger partial charge in [0.1, 0.15) is 23.4 Å². The number of nitrogens with zero attached hydrogens (tertiary/aromatic N) is 2. The van der Waals surface area contributed by atoms with Crippen molar-refractivity contribution in [1.82, 2.24) is 9.88 Å². The summed E-state index contributed by atoms with van der Waals surface area (Å²) in [7, 11) is 1.45. The van der Waals surface area contributed by atoms with Crippen molar-refractivity contribution in [1.29, 1.82) is 0 Å². The highest BCUT2D eigenvalue weighted by Crippen LogP contribution is 2.43. The molecule has 0 fully saturated rings. The minimum Gasteiger partial charge on any atom is -0.495 e. The van der Waals surface area contributed by atoms with Gasteiger partial charge in [0.05, 0.1) is 17.6 Å². The van der Waals surface area contributed by atoms with E-state index in [1.165, 1.54) is 18.2 Å². The number of aliphatic hydroxyl groups excluding tert-OH is 1. The lowest BCUT2D eigenvalue weighted by Crippen LogP contribution is -2.38. The molecule has 7 nitrogen and oxygen atoms in total. The minimum atomic E-state index is -0.989. The van der Waals surface area contributed by atoms with Crippen LogP contribution in [0.2, 0.25) is 10.0 Å². The van der Waals surface area contributed by atoms with Gasteiger partial charge in [-0.3, -0.25) is 14.6 Å². The number of carbonyl (C=O) groups excluding carboxylic acids is 2. The van der Waals surface area contributed by atoms with E-state index in [0.29, 0.717) is 27.8 Å². The SMILES string of the molecule is COc1cc2c3c(cnc2c(Cl)c1Cl)[C@@H](C(N)=O)N(C(=O)CO)C3. The summed E-state index contributed by atoms with van der Waals surface area (Å²) in [4.78, 5) is 29.2. The fourth-order valence-electron chi connectivity index (χ4n) is 2.94. The highest BCUT2D eigenvalue weighted by Gasteiger charge is 2.38. The van der Waals surface area contributed by atoms with E-state index in [4.69, 9.17) is 38.8 Å². The van der Waals surface area contributed by atoms with Crippen LogP contribution in [0.1, 0.15) is 17.2 Å². The van der Waals surface area contributed by atoms with Crippen molar-refractivity contribution in [2.24, 2.45) is 5.73 Å². The van der Waals surface area contributed by atoms with Gasteiger partial charge in [-0.2, -0.15) is 0 Å². The van der Waals surface area contributed by atoms with Gasteiger partial charge in [0.25, 0.3) is 0 Å². The van der Waals surface area contributed by atoms with Crippen molar-refractivity contribution in [2.45, 2.75) is 12.6 Å². The lowest BCUT2D eigenvalue weighted by atomic mass is 10.0. The van der Waals surface area contributed by atoms with Crippen LogP contribution in [0.3, 0.4) is 0 Å². The van der Waals surface area contributed by atoms with Crippen LogP contribution < -0.4 is 10.5 Å². The fourth-order valence-corrected chi connectivity index (χ4v) is 3.40. The van der Waals surface area contributed by atoms with Gasteiger partial charge in [0.15, 0.2) is 0 Å². The van der Waals surface area contributed by atoms with Crippen molar-refractivity contribution >= 4 is 45.9 Å². The van der Waals surface area contributed by atoms with E-state index in [-0.39, 0.29) is 16.6 Å². The normalized spacial score (nSPS) is 16.3. The molecule has 3 rings (SSSR count). The summed E-state index contributed by atoms with van der Waals surface area (Å²) in [6, 6.07) is 0.664. The second kappa shape index (κ2) is 6.08. The number of carbonyl (C=O) groups is 2. The van der Waals surface area contributed by atoms with E-state index in [1.54, 1.807) is 6.07 Å². The molecule has 126 valence electrons. The topological polar surface area (TPSA) is 106 Å². The monoisotopic (exact) mass is 369 g/mol. The molecule has 9 heteroatoms. The molecule has 2 heterocycles. The third-order valence-electron chi connectivity index (χ3n) is 4.03. The predicted molar refractivity (Wildman–Crippen MR) is 87.9 cm³/mol. The Morgan fingerprint density at radius 2 is 2.17 bits per heavy atom. The summed E-state index contributed by atoms with van der Waals surface area (Å²) in [5, 5.41) is 10.2. The number of hydrogen-bond donors (Lipinski definition) is 2. The first-order valence-corrected chi connectivity index (χ1v) is 7.69. The highest BCUT2D eigenvalue weighted by molar-refractivity contribution is 6.46. The van der Waals surface area contributed by atoms with Gasteiger partial charge in [-0.1, -0.05) is 23.2 Å². The van der Waals surface area contributed by atoms with Crippen LogP contribution in [0.25, 0.3) is 10.9 Å². The maximum atomic E-state index is 12.0. The standard InChI is InChI=1S/C15H13Cl2N3O4/c1-24-9-2-6-8-4-20(10(22)5-21)14(15(18)23)7(8)3-19-13(6)12(17)11(9)16/h2-3,14,21H,4-5H2,1H3,(H2,18,23)/t14-/m0/s1. The molecule has 0 saturated heterocycles. The summed E-state index contributed by atoms with van der Waals surface area (Å²) < 4.78 is 5.21. The van der Waals surface area contributed by atoms with E-state index < -0.39 is 24.5 Å². The average molecular weight is 370 g/mol. The third-order valence-corrected chi connectivity index (χ3v) is 4.87. The molecule has 0 unspecified atom stereocenters. The van der Waals surface area contributed by atoms with E-state index in [0.717, 1.165) is 0 Å². The molecule has 0 bridgehead atoms. The van der Waals surface area contributed by atoms with Crippen LogP contribution in [0.5, 0.6) is 5.75 Å². The summed E-state index contributed by atoms with van der Waals surface area (Å²) in [6.45, 7) is -0.624. The molecule has 1 aromatic heterocycles. The lowest BCUT2D eigenvalue weighted by Gasteiger charge is -2.21. The zero-order chi connectivity index (χ0) is 17.6. The van der Waals surface area contributed by atoms with Crippen LogP contribution in [-0.4, -0.2) is 40.5 Å². The number of aromatic nitrogens is 1. The fraction of sp³-hybridized carbons (Fsp3) is 0.267. The molecule has 2 aromatic rings. The summed E-state index contributed by atoms with van der Waals surface area (Å²) in [5.74, 6) is -0.953. The average Bonchev–Trinajstić information content (AvgIpc) is 2.97. The first-order valence-electron chi connectivity index (χ1n) is 6.93. The first-order chi connectivity index (χ1) is 11.4. The Balaban J connectivity index is 2.28. The Kier molecular flexibility index (Phi) is 4.25. The maximum absolute atomic E-state index is 12.0. The van der Waals surface area contributed by atoms with Gasteiger partial charge < -0.3 is 20.5 Å². The van der Waals surface area contributed by atoms with E-state index >= 15 is 0 Å². The van der Waals surface area contributed by atoms with Gasteiger partial charge in [-0.15, -0.1) is 0 Å². The lowest BCUT2D eigenvalue weighted by molar-refractivity contribution is -0.141. The Labute approximate surface area is 146 Å². The number of benzene rings is 1. The molecule has 0 radical (unpaired) electrons.